The van der Waals surface area contributed by atoms with Crippen LogP contribution in [0.4, 0.5) is 14.5 Å². The third kappa shape index (κ3) is 3.05. The van der Waals surface area contributed by atoms with E-state index in [4.69, 9.17) is 0 Å². The first kappa shape index (κ1) is 17.3. The number of likely N-dealkylation sites (N-methyl/N-ethyl adjacent to an activating group) is 1. The van der Waals surface area contributed by atoms with E-state index in [-0.39, 0.29) is 11.4 Å². The van der Waals surface area contributed by atoms with E-state index in [1.807, 2.05) is 0 Å². The molecule has 4 rings (SSSR count). The lowest BCUT2D eigenvalue weighted by Gasteiger charge is -2.35. The number of piperazine rings is 1. The molecule has 0 bridgehead atoms. The number of halogens is 3. The SMILES string of the molecule is CCN1CCN(c2c(F)cc(-n3nnc4ccc(Br)nc43)cc2F)CC1. The number of pyridine rings is 1. The van der Waals surface area contributed by atoms with Crippen LogP contribution in [0.15, 0.2) is 28.9 Å². The Hall–Kier alpha value is -2.13. The number of hydrogen-bond donors (Lipinski definition) is 0. The molecule has 0 amide bonds. The Morgan fingerprint density at radius 1 is 1.08 bits per heavy atom. The lowest BCUT2D eigenvalue weighted by atomic mass is 10.2. The number of hydrogen-bond acceptors (Lipinski definition) is 5. The highest BCUT2D eigenvalue weighted by Crippen LogP contribution is 2.28. The van der Waals surface area contributed by atoms with E-state index in [0.717, 1.165) is 19.6 Å². The van der Waals surface area contributed by atoms with Gasteiger partial charge in [-0.1, -0.05) is 12.1 Å². The van der Waals surface area contributed by atoms with E-state index in [9.17, 15) is 8.78 Å². The van der Waals surface area contributed by atoms with Crippen molar-refractivity contribution in [2.45, 2.75) is 6.92 Å². The van der Waals surface area contributed by atoms with E-state index in [1.54, 1.807) is 17.0 Å². The minimum atomic E-state index is -0.608. The third-order valence-electron chi connectivity index (χ3n) is 4.65. The molecule has 1 aliphatic heterocycles. The Morgan fingerprint density at radius 3 is 2.42 bits per heavy atom. The molecule has 9 heteroatoms. The second-order valence-electron chi connectivity index (χ2n) is 6.16. The fourth-order valence-corrected chi connectivity index (χ4v) is 3.53. The maximum absolute atomic E-state index is 14.8. The molecular formula is C17H17BrF2N6. The molecule has 1 saturated heterocycles. The van der Waals surface area contributed by atoms with E-state index in [2.05, 4.69) is 43.0 Å². The van der Waals surface area contributed by atoms with Gasteiger partial charge in [-0.2, -0.15) is 4.68 Å². The largest absolute Gasteiger partial charge is 0.364 e. The molecule has 3 aromatic rings. The fraction of sp³-hybridized carbons (Fsp3) is 0.353. The number of fused-ring (bicyclic) bond motifs is 1. The minimum Gasteiger partial charge on any atom is -0.364 e. The number of rotatable bonds is 3. The van der Waals surface area contributed by atoms with Crippen LogP contribution in [0.25, 0.3) is 16.9 Å². The summed E-state index contributed by atoms with van der Waals surface area (Å²) >= 11 is 3.29. The van der Waals surface area contributed by atoms with Crippen LogP contribution >= 0.6 is 15.9 Å². The summed E-state index contributed by atoms with van der Waals surface area (Å²) in [6.45, 7) is 5.81. The summed E-state index contributed by atoms with van der Waals surface area (Å²) in [5.41, 5.74) is 1.25. The molecule has 0 saturated carbocycles. The van der Waals surface area contributed by atoms with Crippen LogP contribution in [0.2, 0.25) is 0 Å². The first-order chi connectivity index (χ1) is 12.6. The summed E-state index contributed by atoms with van der Waals surface area (Å²) in [5.74, 6) is -1.22. The second-order valence-corrected chi connectivity index (χ2v) is 6.97. The number of nitrogens with zero attached hydrogens (tertiary/aromatic N) is 6. The zero-order valence-corrected chi connectivity index (χ0v) is 15.7. The molecule has 0 radical (unpaired) electrons. The molecule has 136 valence electrons. The summed E-state index contributed by atoms with van der Waals surface area (Å²) in [7, 11) is 0. The predicted molar refractivity (Wildman–Crippen MR) is 98.6 cm³/mol. The summed E-state index contributed by atoms with van der Waals surface area (Å²) in [4.78, 5) is 8.31. The van der Waals surface area contributed by atoms with Gasteiger partial charge in [0, 0.05) is 38.3 Å². The molecule has 0 unspecified atom stereocenters. The van der Waals surface area contributed by atoms with Gasteiger partial charge >= 0.3 is 0 Å². The maximum atomic E-state index is 14.8. The van der Waals surface area contributed by atoms with E-state index in [0.29, 0.717) is 28.9 Å². The number of aromatic nitrogens is 4. The molecule has 0 N–H and O–H groups in total. The highest BCUT2D eigenvalue weighted by atomic mass is 79.9. The van der Waals surface area contributed by atoms with Crippen molar-refractivity contribution in [2.24, 2.45) is 0 Å². The van der Waals surface area contributed by atoms with Crippen molar-refractivity contribution in [3.8, 4) is 5.69 Å². The Bertz CT molecular complexity index is 929. The van der Waals surface area contributed by atoms with Gasteiger partial charge in [0.25, 0.3) is 0 Å². The van der Waals surface area contributed by atoms with Crippen LogP contribution in [0.3, 0.4) is 0 Å². The van der Waals surface area contributed by atoms with Gasteiger partial charge in [0.1, 0.15) is 15.8 Å². The summed E-state index contributed by atoms with van der Waals surface area (Å²) in [6.07, 6.45) is 0. The van der Waals surface area contributed by atoms with Gasteiger partial charge in [0.05, 0.1) is 5.69 Å². The first-order valence-electron chi connectivity index (χ1n) is 8.41. The number of anilines is 1. The Labute approximate surface area is 157 Å². The van der Waals surface area contributed by atoms with Crippen LogP contribution in [0.1, 0.15) is 6.92 Å². The lowest BCUT2D eigenvalue weighted by molar-refractivity contribution is 0.269. The summed E-state index contributed by atoms with van der Waals surface area (Å²) in [5, 5.41) is 7.98. The highest BCUT2D eigenvalue weighted by molar-refractivity contribution is 9.10. The highest BCUT2D eigenvalue weighted by Gasteiger charge is 2.23. The molecule has 1 aromatic carbocycles. The molecule has 6 nitrogen and oxygen atoms in total. The Balaban J connectivity index is 1.70. The molecule has 26 heavy (non-hydrogen) atoms. The van der Waals surface area contributed by atoms with Crippen molar-refractivity contribution in [2.75, 3.05) is 37.6 Å². The monoisotopic (exact) mass is 422 g/mol. The smallest absolute Gasteiger partial charge is 0.184 e. The van der Waals surface area contributed by atoms with Crippen molar-refractivity contribution in [3.05, 3.63) is 40.5 Å². The molecule has 0 atom stereocenters. The molecular weight excluding hydrogens is 406 g/mol. The normalized spacial score (nSPS) is 15.8. The van der Waals surface area contributed by atoms with Gasteiger partial charge in [-0.3, -0.25) is 0 Å². The van der Waals surface area contributed by atoms with Crippen molar-refractivity contribution >= 4 is 32.8 Å². The summed E-state index contributed by atoms with van der Waals surface area (Å²) < 4.78 is 31.5. The zero-order chi connectivity index (χ0) is 18.3. The van der Waals surface area contributed by atoms with Crippen molar-refractivity contribution < 1.29 is 8.78 Å². The fourth-order valence-electron chi connectivity index (χ4n) is 3.23. The predicted octanol–water partition coefficient (Wildman–Crippen LogP) is 3.00. The van der Waals surface area contributed by atoms with Crippen molar-refractivity contribution in [1.82, 2.24) is 24.9 Å². The molecule has 3 heterocycles. The van der Waals surface area contributed by atoms with E-state index in [1.165, 1.54) is 16.8 Å². The van der Waals surface area contributed by atoms with E-state index < -0.39 is 11.6 Å². The first-order valence-corrected chi connectivity index (χ1v) is 9.21. The van der Waals surface area contributed by atoms with Crippen LogP contribution in [-0.2, 0) is 0 Å². The number of benzene rings is 1. The minimum absolute atomic E-state index is 0.0167. The van der Waals surface area contributed by atoms with Gasteiger partial charge < -0.3 is 9.80 Å². The topological polar surface area (TPSA) is 50.1 Å². The van der Waals surface area contributed by atoms with Gasteiger partial charge in [0.15, 0.2) is 17.3 Å². The average molecular weight is 423 g/mol. The van der Waals surface area contributed by atoms with Gasteiger partial charge in [0.2, 0.25) is 0 Å². The lowest BCUT2D eigenvalue weighted by Crippen LogP contribution is -2.46. The van der Waals surface area contributed by atoms with Gasteiger partial charge in [-0.05, 0) is 34.6 Å². The molecule has 0 aliphatic carbocycles. The average Bonchev–Trinajstić information content (AvgIpc) is 3.04. The van der Waals surface area contributed by atoms with Crippen molar-refractivity contribution in [3.63, 3.8) is 0 Å². The Morgan fingerprint density at radius 2 is 1.77 bits per heavy atom. The molecule has 1 aliphatic rings. The standard InChI is InChI=1S/C17H17BrF2N6/c1-2-24-5-7-25(8-6-24)16-12(19)9-11(10-13(16)20)26-17-14(22-23-26)3-4-15(18)21-17/h3-4,9-10H,2,5-8H2,1H3. The summed E-state index contributed by atoms with van der Waals surface area (Å²) in [6, 6.07) is 6.04. The quantitative estimate of drug-likeness (QED) is 0.607. The van der Waals surface area contributed by atoms with E-state index >= 15 is 0 Å². The Kier molecular flexibility index (Phi) is 4.58. The van der Waals surface area contributed by atoms with Crippen LogP contribution in [0.5, 0.6) is 0 Å². The molecule has 1 fully saturated rings. The molecule has 0 spiro atoms. The third-order valence-corrected chi connectivity index (χ3v) is 5.09. The second kappa shape index (κ2) is 6.88. The zero-order valence-electron chi connectivity index (χ0n) is 14.2. The van der Waals surface area contributed by atoms with Gasteiger partial charge in [-0.15, -0.1) is 5.10 Å². The van der Waals surface area contributed by atoms with Crippen LogP contribution in [0, 0.1) is 11.6 Å². The van der Waals surface area contributed by atoms with Crippen molar-refractivity contribution in [1.29, 1.82) is 0 Å². The van der Waals surface area contributed by atoms with Crippen LogP contribution in [-0.4, -0.2) is 57.6 Å². The molecule has 2 aromatic heterocycles. The van der Waals surface area contributed by atoms with Crippen LogP contribution < -0.4 is 4.90 Å². The van der Waals surface area contributed by atoms with Gasteiger partial charge in [-0.25, -0.2) is 13.8 Å². The maximum Gasteiger partial charge on any atom is 0.184 e.